The molecule has 0 aliphatic heterocycles. The van der Waals surface area contributed by atoms with Crippen molar-refractivity contribution >= 4 is 24.2 Å². The van der Waals surface area contributed by atoms with E-state index in [1.807, 2.05) is 14.0 Å². The molecule has 3 N–H and O–H groups in total. The number of hydrogen-bond donors (Lipinski definition) is 2. The molecule has 0 aromatic rings. The number of carbonyl (C=O) groups excluding carboxylic acids is 2. The lowest BCUT2D eigenvalue weighted by atomic mass is 9.84. The first-order chi connectivity index (χ1) is 10.5. The molecule has 0 bridgehead atoms. The lowest BCUT2D eigenvalue weighted by Gasteiger charge is -2.33. The predicted octanol–water partition coefficient (Wildman–Crippen LogP) is 2.08. The number of carbonyl (C=O) groups is 2. The Morgan fingerprint density at radius 2 is 1.65 bits per heavy atom. The zero-order chi connectivity index (χ0) is 16.1. The highest BCUT2D eigenvalue weighted by Gasteiger charge is 2.31. The SMILES string of the molecule is CC(CN)N(C)C(=O)C1CCC(NC(=O)C2CCCC2)CC1.Cl. The topological polar surface area (TPSA) is 75.4 Å². The molecule has 2 fully saturated rings. The minimum absolute atomic E-state index is 0. The van der Waals surface area contributed by atoms with Crippen LogP contribution in [0.15, 0.2) is 0 Å². The highest BCUT2D eigenvalue weighted by atomic mass is 35.5. The number of nitrogens with two attached hydrogens (primary N) is 1. The average molecular weight is 346 g/mol. The van der Waals surface area contributed by atoms with E-state index in [9.17, 15) is 9.59 Å². The first-order valence-corrected chi connectivity index (χ1v) is 8.80. The van der Waals surface area contributed by atoms with E-state index in [2.05, 4.69) is 5.32 Å². The quantitative estimate of drug-likeness (QED) is 0.801. The maximum atomic E-state index is 12.4. The van der Waals surface area contributed by atoms with Gasteiger partial charge in [0.25, 0.3) is 0 Å². The summed E-state index contributed by atoms with van der Waals surface area (Å²) in [5.74, 6) is 0.772. The van der Waals surface area contributed by atoms with Crippen molar-refractivity contribution in [1.29, 1.82) is 0 Å². The summed E-state index contributed by atoms with van der Waals surface area (Å²) < 4.78 is 0. The van der Waals surface area contributed by atoms with Gasteiger partial charge in [-0.3, -0.25) is 9.59 Å². The fourth-order valence-corrected chi connectivity index (χ4v) is 3.66. The monoisotopic (exact) mass is 345 g/mol. The largest absolute Gasteiger partial charge is 0.353 e. The van der Waals surface area contributed by atoms with Crippen molar-refractivity contribution in [1.82, 2.24) is 10.2 Å². The molecule has 23 heavy (non-hydrogen) atoms. The molecule has 134 valence electrons. The maximum absolute atomic E-state index is 12.4. The highest BCUT2D eigenvalue weighted by molar-refractivity contribution is 5.85. The van der Waals surface area contributed by atoms with Crippen molar-refractivity contribution in [3.63, 3.8) is 0 Å². The van der Waals surface area contributed by atoms with Crippen LogP contribution >= 0.6 is 12.4 Å². The number of hydrogen-bond acceptors (Lipinski definition) is 3. The Bertz CT molecular complexity index is 391. The Kier molecular flexibility index (Phi) is 8.34. The normalized spacial score (nSPS) is 26.2. The number of rotatable bonds is 5. The van der Waals surface area contributed by atoms with Gasteiger partial charge in [0, 0.05) is 37.5 Å². The van der Waals surface area contributed by atoms with E-state index in [0.29, 0.717) is 6.54 Å². The van der Waals surface area contributed by atoms with Crippen molar-refractivity contribution < 1.29 is 9.59 Å². The summed E-state index contributed by atoms with van der Waals surface area (Å²) in [6, 6.07) is 0.349. The molecule has 5 nitrogen and oxygen atoms in total. The second kappa shape index (κ2) is 9.48. The van der Waals surface area contributed by atoms with Crippen molar-refractivity contribution in [2.24, 2.45) is 17.6 Å². The van der Waals surface area contributed by atoms with E-state index in [1.54, 1.807) is 4.90 Å². The van der Waals surface area contributed by atoms with Crippen LogP contribution in [-0.4, -0.2) is 42.4 Å². The molecular weight excluding hydrogens is 314 g/mol. The smallest absolute Gasteiger partial charge is 0.225 e. The Morgan fingerprint density at radius 1 is 1.09 bits per heavy atom. The molecular formula is C17H32ClN3O2. The third-order valence-corrected chi connectivity index (χ3v) is 5.50. The van der Waals surface area contributed by atoms with Gasteiger partial charge in [0.05, 0.1) is 0 Å². The van der Waals surface area contributed by atoms with Crippen molar-refractivity contribution in [2.45, 2.75) is 70.4 Å². The molecule has 0 spiro atoms. The van der Waals surface area contributed by atoms with Gasteiger partial charge in [0.2, 0.25) is 11.8 Å². The Hall–Kier alpha value is -0.810. The number of nitrogens with zero attached hydrogens (tertiary/aromatic N) is 1. The molecule has 2 amide bonds. The maximum Gasteiger partial charge on any atom is 0.225 e. The van der Waals surface area contributed by atoms with Gasteiger partial charge < -0.3 is 16.0 Å². The molecule has 2 aliphatic rings. The third kappa shape index (κ3) is 5.35. The van der Waals surface area contributed by atoms with Gasteiger partial charge in [-0.25, -0.2) is 0 Å². The summed E-state index contributed by atoms with van der Waals surface area (Å²) in [5.41, 5.74) is 5.64. The van der Waals surface area contributed by atoms with E-state index in [-0.39, 0.29) is 48.1 Å². The van der Waals surface area contributed by atoms with Crippen LogP contribution in [0.4, 0.5) is 0 Å². The van der Waals surface area contributed by atoms with Gasteiger partial charge in [0.15, 0.2) is 0 Å². The van der Waals surface area contributed by atoms with Crippen LogP contribution in [0.1, 0.15) is 58.3 Å². The second-order valence-electron chi connectivity index (χ2n) is 7.07. The van der Waals surface area contributed by atoms with E-state index < -0.39 is 0 Å². The molecule has 1 unspecified atom stereocenters. The summed E-state index contributed by atoms with van der Waals surface area (Å²) >= 11 is 0. The fourth-order valence-electron chi connectivity index (χ4n) is 3.66. The zero-order valence-corrected chi connectivity index (χ0v) is 15.2. The van der Waals surface area contributed by atoms with Gasteiger partial charge in [0.1, 0.15) is 0 Å². The van der Waals surface area contributed by atoms with Crippen molar-refractivity contribution in [3.8, 4) is 0 Å². The molecule has 0 saturated heterocycles. The number of nitrogens with one attached hydrogen (secondary N) is 1. The number of amides is 2. The van der Waals surface area contributed by atoms with Gasteiger partial charge in [-0.1, -0.05) is 12.8 Å². The molecule has 0 radical (unpaired) electrons. The van der Waals surface area contributed by atoms with Crippen LogP contribution in [0.3, 0.4) is 0 Å². The zero-order valence-electron chi connectivity index (χ0n) is 14.4. The van der Waals surface area contributed by atoms with Crippen LogP contribution in [0.5, 0.6) is 0 Å². The van der Waals surface area contributed by atoms with Crippen molar-refractivity contribution in [3.05, 3.63) is 0 Å². The van der Waals surface area contributed by atoms with E-state index in [0.717, 1.165) is 38.5 Å². The number of halogens is 1. The molecule has 2 saturated carbocycles. The first-order valence-electron chi connectivity index (χ1n) is 8.80. The summed E-state index contributed by atoms with van der Waals surface area (Å²) in [5, 5.41) is 3.20. The first kappa shape index (κ1) is 20.2. The standard InChI is InChI=1S/C17H31N3O2.ClH/c1-12(11-18)20(2)17(22)14-7-9-15(10-8-14)19-16(21)13-5-3-4-6-13;/h12-15H,3-11,18H2,1-2H3,(H,19,21);1H. The van der Waals surface area contributed by atoms with Crippen LogP contribution in [0, 0.1) is 11.8 Å². The molecule has 6 heteroatoms. The summed E-state index contributed by atoms with van der Waals surface area (Å²) in [7, 11) is 1.84. The highest BCUT2D eigenvalue weighted by Crippen LogP contribution is 2.28. The fraction of sp³-hybridized carbons (Fsp3) is 0.882. The molecule has 0 aromatic carbocycles. The number of likely N-dealkylation sites (N-methyl/N-ethyl adjacent to an activating group) is 1. The third-order valence-electron chi connectivity index (χ3n) is 5.50. The minimum Gasteiger partial charge on any atom is -0.353 e. The molecule has 0 aromatic heterocycles. The Balaban J connectivity index is 0.00000264. The van der Waals surface area contributed by atoms with Gasteiger partial charge in [-0.15, -0.1) is 12.4 Å². The Labute approximate surface area is 146 Å². The van der Waals surface area contributed by atoms with Crippen molar-refractivity contribution in [2.75, 3.05) is 13.6 Å². The summed E-state index contributed by atoms with van der Waals surface area (Å²) in [6.45, 7) is 2.47. The lowest BCUT2D eigenvalue weighted by molar-refractivity contribution is -0.137. The van der Waals surface area contributed by atoms with E-state index in [4.69, 9.17) is 5.73 Å². The summed E-state index contributed by atoms with van der Waals surface area (Å²) in [4.78, 5) is 26.4. The van der Waals surface area contributed by atoms with Gasteiger partial charge in [-0.2, -0.15) is 0 Å². The Morgan fingerprint density at radius 3 is 2.17 bits per heavy atom. The summed E-state index contributed by atoms with van der Waals surface area (Å²) in [6.07, 6.45) is 8.03. The average Bonchev–Trinajstić information content (AvgIpc) is 3.08. The van der Waals surface area contributed by atoms with Gasteiger partial charge in [-0.05, 0) is 45.4 Å². The molecule has 0 heterocycles. The van der Waals surface area contributed by atoms with E-state index >= 15 is 0 Å². The predicted molar refractivity (Wildman–Crippen MR) is 94.4 cm³/mol. The van der Waals surface area contributed by atoms with Crippen LogP contribution < -0.4 is 11.1 Å². The molecule has 2 aliphatic carbocycles. The van der Waals surface area contributed by atoms with Gasteiger partial charge >= 0.3 is 0 Å². The lowest BCUT2D eigenvalue weighted by Crippen LogP contribution is -2.46. The molecule has 1 atom stereocenters. The molecule has 2 rings (SSSR count). The minimum atomic E-state index is 0. The van der Waals surface area contributed by atoms with Crippen LogP contribution in [0.2, 0.25) is 0 Å². The van der Waals surface area contributed by atoms with Crippen LogP contribution in [0.25, 0.3) is 0 Å². The van der Waals surface area contributed by atoms with Crippen LogP contribution in [-0.2, 0) is 9.59 Å². The second-order valence-corrected chi connectivity index (χ2v) is 7.07. The van der Waals surface area contributed by atoms with E-state index in [1.165, 1.54) is 12.8 Å².